The summed E-state index contributed by atoms with van der Waals surface area (Å²) in [6.45, 7) is 0.901. The van der Waals surface area contributed by atoms with E-state index in [4.69, 9.17) is 5.11 Å². The van der Waals surface area contributed by atoms with E-state index in [2.05, 4.69) is 15.6 Å². The zero-order valence-corrected chi connectivity index (χ0v) is 10.4. The molecule has 7 heteroatoms. The van der Waals surface area contributed by atoms with Crippen LogP contribution in [-0.4, -0.2) is 39.2 Å². The first kappa shape index (κ1) is 13.1. The molecule has 102 valence electrons. The third-order valence-corrected chi connectivity index (χ3v) is 2.85. The number of aromatic carboxylic acids is 1. The Morgan fingerprint density at radius 1 is 1.42 bits per heavy atom. The zero-order chi connectivity index (χ0) is 13.7. The summed E-state index contributed by atoms with van der Waals surface area (Å²) in [5, 5.41) is 14.3. The standard InChI is InChI=1S/C12H16N4O3/c17-11(18)10-7-16(8-14-10)6-5-13-12(19)15-9-3-1-2-4-9/h1-2,7-9H,3-6H2,(H,17,18)(H2,13,15,19). The minimum Gasteiger partial charge on any atom is -0.476 e. The van der Waals surface area contributed by atoms with Gasteiger partial charge in [0.25, 0.3) is 0 Å². The fourth-order valence-electron chi connectivity index (χ4n) is 1.86. The zero-order valence-electron chi connectivity index (χ0n) is 10.4. The number of amides is 2. The van der Waals surface area contributed by atoms with E-state index in [0.29, 0.717) is 13.1 Å². The van der Waals surface area contributed by atoms with Crippen molar-refractivity contribution >= 4 is 12.0 Å². The average molecular weight is 264 g/mol. The fourth-order valence-corrected chi connectivity index (χ4v) is 1.86. The minimum absolute atomic E-state index is 0.00137. The lowest BCUT2D eigenvalue weighted by Crippen LogP contribution is -2.42. The summed E-state index contributed by atoms with van der Waals surface area (Å²) >= 11 is 0. The van der Waals surface area contributed by atoms with E-state index in [1.807, 2.05) is 12.2 Å². The van der Waals surface area contributed by atoms with Crippen LogP contribution in [0, 0.1) is 0 Å². The van der Waals surface area contributed by atoms with E-state index in [1.165, 1.54) is 12.5 Å². The molecule has 0 spiro atoms. The van der Waals surface area contributed by atoms with Crippen molar-refractivity contribution in [3.05, 3.63) is 30.4 Å². The van der Waals surface area contributed by atoms with Gasteiger partial charge < -0.3 is 20.3 Å². The number of carbonyl (C=O) groups excluding carboxylic acids is 1. The molecular formula is C12H16N4O3. The van der Waals surface area contributed by atoms with Crippen LogP contribution in [0.3, 0.4) is 0 Å². The first-order valence-electron chi connectivity index (χ1n) is 6.09. The topological polar surface area (TPSA) is 96.2 Å². The number of hydrogen-bond donors (Lipinski definition) is 3. The summed E-state index contributed by atoms with van der Waals surface area (Å²) in [6.07, 6.45) is 8.70. The molecule has 0 aromatic carbocycles. The van der Waals surface area contributed by atoms with Gasteiger partial charge in [0.1, 0.15) is 0 Å². The Balaban J connectivity index is 1.67. The summed E-state index contributed by atoms with van der Waals surface area (Å²) < 4.78 is 1.63. The van der Waals surface area contributed by atoms with Gasteiger partial charge in [-0.15, -0.1) is 0 Å². The number of aromatic nitrogens is 2. The second-order valence-corrected chi connectivity index (χ2v) is 4.34. The molecule has 1 aromatic rings. The maximum absolute atomic E-state index is 11.5. The highest BCUT2D eigenvalue weighted by atomic mass is 16.4. The molecule has 0 bridgehead atoms. The van der Waals surface area contributed by atoms with E-state index < -0.39 is 5.97 Å². The minimum atomic E-state index is -1.06. The normalized spacial score (nSPS) is 14.5. The van der Waals surface area contributed by atoms with Gasteiger partial charge in [0.05, 0.1) is 6.33 Å². The van der Waals surface area contributed by atoms with Crippen molar-refractivity contribution in [3.63, 3.8) is 0 Å². The van der Waals surface area contributed by atoms with Crippen molar-refractivity contribution in [3.8, 4) is 0 Å². The summed E-state index contributed by atoms with van der Waals surface area (Å²) in [4.78, 5) is 25.9. The number of carbonyl (C=O) groups is 2. The third kappa shape index (κ3) is 3.84. The first-order valence-corrected chi connectivity index (χ1v) is 6.09. The van der Waals surface area contributed by atoms with Crippen LogP contribution in [0.5, 0.6) is 0 Å². The van der Waals surface area contributed by atoms with Gasteiger partial charge in [-0.1, -0.05) is 12.2 Å². The van der Waals surface area contributed by atoms with Gasteiger partial charge in [-0.3, -0.25) is 0 Å². The van der Waals surface area contributed by atoms with Crippen LogP contribution in [0.2, 0.25) is 0 Å². The average Bonchev–Trinajstić information content (AvgIpc) is 3.00. The molecule has 3 N–H and O–H groups in total. The Labute approximate surface area is 110 Å². The highest BCUT2D eigenvalue weighted by Gasteiger charge is 2.12. The van der Waals surface area contributed by atoms with Crippen LogP contribution < -0.4 is 10.6 Å². The molecule has 0 saturated heterocycles. The lowest BCUT2D eigenvalue weighted by molar-refractivity contribution is 0.0691. The lowest BCUT2D eigenvalue weighted by Gasteiger charge is -2.13. The Morgan fingerprint density at radius 2 is 2.16 bits per heavy atom. The summed E-state index contributed by atoms with van der Waals surface area (Å²) in [6, 6.07) is -0.0147. The highest BCUT2D eigenvalue weighted by Crippen LogP contribution is 2.08. The molecule has 1 aromatic heterocycles. The smallest absolute Gasteiger partial charge is 0.356 e. The third-order valence-electron chi connectivity index (χ3n) is 2.85. The Hall–Kier alpha value is -2.31. The van der Waals surface area contributed by atoms with Crippen LogP contribution >= 0.6 is 0 Å². The summed E-state index contributed by atoms with van der Waals surface area (Å²) in [5.74, 6) is -1.06. The first-order chi connectivity index (χ1) is 9.15. The van der Waals surface area contributed by atoms with Crippen LogP contribution in [0.4, 0.5) is 4.79 Å². The molecule has 2 amide bonds. The molecule has 0 aliphatic heterocycles. The second-order valence-electron chi connectivity index (χ2n) is 4.34. The second kappa shape index (κ2) is 6.03. The molecule has 0 unspecified atom stereocenters. The van der Waals surface area contributed by atoms with Crippen molar-refractivity contribution in [2.75, 3.05) is 6.54 Å². The monoisotopic (exact) mass is 264 g/mol. The molecule has 7 nitrogen and oxygen atoms in total. The molecule has 0 fully saturated rings. The number of nitrogens with one attached hydrogen (secondary N) is 2. The lowest BCUT2D eigenvalue weighted by atomic mass is 10.2. The number of hydrogen-bond acceptors (Lipinski definition) is 3. The Morgan fingerprint density at radius 3 is 2.79 bits per heavy atom. The molecule has 1 heterocycles. The predicted octanol–water partition coefficient (Wildman–Crippen LogP) is 0.599. The number of imidazole rings is 1. The van der Waals surface area contributed by atoms with Crippen molar-refractivity contribution in [2.24, 2.45) is 0 Å². The van der Waals surface area contributed by atoms with Gasteiger partial charge in [-0.25, -0.2) is 14.6 Å². The van der Waals surface area contributed by atoms with Gasteiger partial charge >= 0.3 is 12.0 Å². The van der Waals surface area contributed by atoms with Gasteiger partial charge in [-0.2, -0.15) is 0 Å². The van der Waals surface area contributed by atoms with Crippen molar-refractivity contribution < 1.29 is 14.7 Å². The van der Waals surface area contributed by atoms with Gasteiger partial charge in [0, 0.05) is 25.3 Å². The van der Waals surface area contributed by atoms with Crippen LogP contribution in [-0.2, 0) is 6.54 Å². The van der Waals surface area contributed by atoms with E-state index in [9.17, 15) is 9.59 Å². The van der Waals surface area contributed by atoms with E-state index in [-0.39, 0.29) is 17.8 Å². The molecule has 2 rings (SSSR count). The molecule has 0 atom stereocenters. The van der Waals surface area contributed by atoms with Gasteiger partial charge in [-0.05, 0) is 12.8 Å². The number of nitrogens with zero attached hydrogens (tertiary/aromatic N) is 2. The number of carboxylic acid groups (broad SMARTS) is 1. The molecular weight excluding hydrogens is 248 g/mol. The maximum Gasteiger partial charge on any atom is 0.356 e. The SMILES string of the molecule is O=C(NCCn1cnc(C(=O)O)c1)NC1CC=CC1. The molecule has 1 aliphatic carbocycles. The van der Waals surface area contributed by atoms with Crippen molar-refractivity contribution in [1.82, 2.24) is 20.2 Å². The Bertz CT molecular complexity index is 487. The van der Waals surface area contributed by atoms with Crippen molar-refractivity contribution in [1.29, 1.82) is 0 Å². The van der Waals surface area contributed by atoms with E-state index >= 15 is 0 Å². The van der Waals surface area contributed by atoms with E-state index in [1.54, 1.807) is 4.57 Å². The van der Waals surface area contributed by atoms with E-state index in [0.717, 1.165) is 12.8 Å². The quantitative estimate of drug-likeness (QED) is 0.678. The van der Waals surface area contributed by atoms with Crippen LogP contribution in [0.15, 0.2) is 24.7 Å². The Kier molecular flexibility index (Phi) is 4.17. The summed E-state index contributed by atoms with van der Waals surface area (Å²) in [5.41, 5.74) is 0.00137. The number of urea groups is 1. The summed E-state index contributed by atoms with van der Waals surface area (Å²) in [7, 11) is 0. The highest BCUT2D eigenvalue weighted by molar-refractivity contribution is 5.84. The van der Waals surface area contributed by atoms with Gasteiger partial charge in [0.15, 0.2) is 5.69 Å². The fraction of sp³-hybridized carbons (Fsp3) is 0.417. The van der Waals surface area contributed by atoms with Crippen LogP contribution in [0.25, 0.3) is 0 Å². The molecule has 0 radical (unpaired) electrons. The van der Waals surface area contributed by atoms with Crippen molar-refractivity contribution in [2.45, 2.75) is 25.4 Å². The molecule has 1 aliphatic rings. The maximum atomic E-state index is 11.5. The van der Waals surface area contributed by atoms with Gasteiger partial charge in [0.2, 0.25) is 0 Å². The molecule has 19 heavy (non-hydrogen) atoms. The number of rotatable bonds is 5. The largest absolute Gasteiger partial charge is 0.476 e. The number of carboxylic acids is 1. The predicted molar refractivity (Wildman–Crippen MR) is 67.9 cm³/mol. The van der Waals surface area contributed by atoms with Crippen LogP contribution in [0.1, 0.15) is 23.3 Å². The molecule has 0 saturated carbocycles.